The van der Waals surface area contributed by atoms with Crippen molar-refractivity contribution in [2.75, 3.05) is 19.6 Å². The van der Waals surface area contributed by atoms with Crippen molar-refractivity contribution in [2.45, 2.75) is 32.2 Å². The molecule has 1 saturated heterocycles. The molecule has 0 bridgehead atoms. The molecule has 1 aromatic rings. The van der Waals surface area contributed by atoms with Gasteiger partial charge in [0.05, 0.1) is 6.04 Å². The fraction of sp³-hybridized carbons (Fsp3) is 0.500. The predicted octanol–water partition coefficient (Wildman–Crippen LogP) is 1.71. The molecule has 21 heavy (non-hydrogen) atoms. The Hall–Kier alpha value is -1.88. The van der Waals surface area contributed by atoms with E-state index in [1.54, 1.807) is 0 Å². The molecule has 3 amide bonds. The Morgan fingerprint density at radius 3 is 2.71 bits per heavy atom. The molecule has 0 aliphatic carbocycles. The van der Waals surface area contributed by atoms with E-state index in [4.69, 9.17) is 0 Å². The van der Waals surface area contributed by atoms with Crippen LogP contribution in [0.4, 0.5) is 4.79 Å². The van der Waals surface area contributed by atoms with Crippen LogP contribution in [0.25, 0.3) is 0 Å². The lowest BCUT2D eigenvalue weighted by Gasteiger charge is -2.23. The summed E-state index contributed by atoms with van der Waals surface area (Å²) in [5.74, 6) is 0.223. The summed E-state index contributed by atoms with van der Waals surface area (Å²) in [5.41, 5.74) is 1.32. The van der Waals surface area contributed by atoms with Crippen LogP contribution < -0.4 is 10.6 Å². The minimum absolute atomic E-state index is 0.241. The third kappa shape index (κ3) is 4.04. The fourth-order valence-electron chi connectivity index (χ4n) is 2.72. The fourth-order valence-corrected chi connectivity index (χ4v) is 2.72. The standard InChI is InChI=1S/C16H23N3O2/c1-3-17-16(21)18-15(20)12(2)19-10-9-14(11-19)13-7-5-4-6-8-13/h4-8,12,14H,3,9-11H2,1-2H3,(H2,17,18,20,21)/t12-,14+/m0/s1. The lowest BCUT2D eigenvalue weighted by Crippen LogP contribution is -2.49. The van der Waals surface area contributed by atoms with Crippen LogP contribution in [0.3, 0.4) is 0 Å². The van der Waals surface area contributed by atoms with Crippen LogP contribution in [-0.4, -0.2) is 42.5 Å². The summed E-state index contributed by atoms with van der Waals surface area (Å²) in [6.07, 6.45) is 1.04. The molecule has 1 fully saturated rings. The summed E-state index contributed by atoms with van der Waals surface area (Å²) >= 11 is 0. The van der Waals surface area contributed by atoms with Crippen molar-refractivity contribution in [1.82, 2.24) is 15.5 Å². The molecule has 2 N–H and O–H groups in total. The Balaban J connectivity index is 1.88. The van der Waals surface area contributed by atoms with Gasteiger partial charge in [-0.05, 0) is 38.3 Å². The van der Waals surface area contributed by atoms with E-state index in [2.05, 4.69) is 27.7 Å². The monoisotopic (exact) mass is 289 g/mol. The summed E-state index contributed by atoms with van der Waals surface area (Å²) in [6.45, 7) is 5.91. The Labute approximate surface area is 125 Å². The maximum absolute atomic E-state index is 12.0. The molecule has 1 aliphatic heterocycles. The van der Waals surface area contributed by atoms with Crippen molar-refractivity contribution in [2.24, 2.45) is 0 Å². The highest BCUT2D eigenvalue weighted by atomic mass is 16.2. The van der Waals surface area contributed by atoms with Gasteiger partial charge >= 0.3 is 6.03 Å². The Kier molecular flexibility index (Phi) is 5.33. The molecule has 1 aliphatic rings. The molecule has 1 aromatic carbocycles. The van der Waals surface area contributed by atoms with Crippen molar-refractivity contribution in [3.05, 3.63) is 35.9 Å². The molecule has 5 heteroatoms. The lowest BCUT2D eigenvalue weighted by atomic mass is 9.99. The third-order valence-corrected chi connectivity index (χ3v) is 3.99. The number of rotatable bonds is 4. The molecule has 1 heterocycles. The van der Waals surface area contributed by atoms with Crippen molar-refractivity contribution < 1.29 is 9.59 Å². The van der Waals surface area contributed by atoms with E-state index < -0.39 is 6.03 Å². The predicted molar refractivity (Wildman–Crippen MR) is 82.1 cm³/mol. The van der Waals surface area contributed by atoms with Crippen LogP contribution in [0.5, 0.6) is 0 Å². The van der Waals surface area contributed by atoms with Gasteiger partial charge in [-0.25, -0.2) is 4.79 Å². The number of carbonyl (C=O) groups is 2. The smallest absolute Gasteiger partial charge is 0.321 e. The second-order valence-corrected chi connectivity index (χ2v) is 5.42. The lowest BCUT2D eigenvalue weighted by molar-refractivity contribution is -0.124. The summed E-state index contributed by atoms with van der Waals surface area (Å²) in [5, 5.41) is 4.95. The second-order valence-electron chi connectivity index (χ2n) is 5.42. The number of urea groups is 1. The topological polar surface area (TPSA) is 61.4 Å². The van der Waals surface area contributed by atoms with Crippen molar-refractivity contribution >= 4 is 11.9 Å². The van der Waals surface area contributed by atoms with Gasteiger partial charge in [0.2, 0.25) is 5.91 Å². The first-order valence-electron chi connectivity index (χ1n) is 7.49. The van der Waals surface area contributed by atoms with E-state index in [9.17, 15) is 9.59 Å². The molecule has 0 spiro atoms. The molecule has 0 unspecified atom stereocenters. The zero-order chi connectivity index (χ0) is 15.2. The number of nitrogens with one attached hydrogen (secondary N) is 2. The molecule has 0 saturated carbocycles. The van der Waals surface area contributed by atoms with Gasteiger partial charge in [-0.3, -0.25) is 15.0 Å². The maximum atomic E-state index is 12.0. The highest BCUT2D eigenvalue weighted by molar-refractivity contribution is 5.96. The Bertz CT molecular complexity index is 490. The highest BCUT2D eigenvalue weighted by Gasteiger charge is 2.30. The second kappa shape index (κ2) is 7.22. The number of benzene rings is 1. The summed E-state index contributed by atoms with van der Waals surface area (Å²) in [6, 6.07) is 9.65. The van der Waals surface area contributed by atoms with E-state index in [0.717, 1.165) is 19.5 Å². The minimum atomic E-state index is -0.423. The van der Waals surface area contributed by atoms with E-state index in [1.807, 2.05) is 32.0 Å². The minimum Gasteiger partial charge on any atom is -0.338 e. The quantitative estimate of drug-likeness (QED) is 0.887. The summed E-state index contributed by atoms with van der Waals surface area (Å²) in [4.78, 5) is 25.6. The molecule has 2 atom stereocenters. The highest BCUT2D eigenvalue weighted by Crippen LogP contribution is 2.28. The van der Waals surface area contributed by atoms with Gasteiger partial charge in [-0.15, -0.1) is 0 Å². The Morgan fingerprint density at radius 1 is 1.33 bits per heavy atom. The normalized spacial score (nSPS) is 20.0. The molecule has 2 rings (SSSR count). The van der Waals surface area contributed by atoms with E-state index in [-0.39, 0.29) is 11.9 Å². The molecular formula is C16H23N3O2. The van der Waals surface area contributed by atoms with Crippen molar-refractivity contribution in [3.63, 3.8) is 0 Å². The number of nitrogens with zero attached hydrogens (tertiary/aromatic N) is 1. The first kappa shape index (κ1) is 15.5. The van der Waals surface area contributed by atoms with E-state index in [0.29, 0.717) is 12.5 Å². The number of hydrogen-bond acceptors (Lipinski definition) is 3. The van der Waals surface area contributed by atoms with Crippen LogP contribution in [0.2, 0.25) is 0 Å². The van der Waals surface area contributed by atoms with Gasteiger partial charge in [0, 0.05) is 13.1 Å². The SMILES string of the molecule is CCNC(=O)NC(=O)[C@H](C)N1CC[C@@H](c2ccccc2)C1. The van der Waals surface area contributed by atoms with Crippen molar-refractivity contribution in [1.29, 1.82) is 0 Å². The molecule has 0 radical (unpaired) electrons. The average molecular weight is 289 g/mol. The molecule has 114 valence electrons. The van der Waals surface area contributed by atoms with Gasteiger partial charge in [0.25, 0.3) is 0 Å². The number of hydrogen-bond donors (Lipinski definition) is 2. The van der Waals surface area contributed by atoms with Crippen LogP contribution in [0.15, 0.2) is 30.3 Å². The zero-order valence-corrected chi connectivity index (χ0v) is 12.6. The van der Waals surface area contributed by atoms with E-state index >= 15 is 0 Å². The van der Waals surface area contributed by atoms with E-state index in [1.165, 1.54) is 5.56 Å². The van der Waals surface area contributed by atoms with Crippen LogP contribution in [0.1, 0.15) is 31.7 Å². The van der Waals surface area contributed by atoms with Gasteiger partial charge in [-0.1, -0.05) is 30.3 Å². The van der Waals surface area contributed by atoms with Crippen molar-refractivity contribution in [3.8, 4) is 0 Å². The van der Waals surface area contributed by atoms with Crippen LogP contribution in [0, 0.1) is 0 Å². The number of carbonyl (C=O) groups excluding carboxylic acids is 2. The molecule has 0 aromatic heterocycles. The first-order valence-corrected chi connectivity index (χ1v) is 7.49. The summed E-state index contributed by atoms with van der Waals surface area (Å²) < 4.78 is 0. The number of likely N-dealkylation sites (tertiary alicyclic amines) is 1. The first-order chi connectivity index (χ1) is 10.1. The Morgan fingerprint density at radius 2 is 2.05 bits per heavy atom. The molecule has 5 nitrogen and oxygen atoms in total. The number of imide groups is 1. The summed E-state index contributed by atoms with van der Waals surface area (Å²) in [7, 11) is 0. The van der Waals surface area contributed by atoms with Gasteiger partial charge < -0.3 is 5.32 Å². The number of amides is 3. The van der Waals surface area contributed by atoms with Gasteiger partial charge in [0.1, 0.15) is 0 Å². The zero-order valence-electron chi connectivity index (χ0n) is 12.6. The third-order valence-electron chi connectivity index (χ3n) is 3.99. The van der Waals surface area contributed by atoms with Gasteiger partial charge in [0.15, 0.2) is 0 Å². The largest absolute Gasteiger partial charge is 0.338 e. The van der Waals surface area contributed by atoms with Crippen LogP contribution >= 0.6 is 0 Å². The molecular weight excluding hydrogens is 266 g/mol. The maximum Gasteiger partial charge on any atom is 0.321 e. The van der Waals surface area contributed by atoms with Gasteiger partial charge in [-0.2, -0.15) is 0 Å². The average Bonchev–Trinajstić information content (AvgIpc) is 2.97. The van der Waals surface area contributed by atoms with Crippen LogP contribution in [-0.2, 0) is 4.79 Å².